The van der Waals surface area contributed by atoms with E-state index in [0.717, 1.165) is 35.3 Å². The molecule has 0 fully saturated rings. The molecular formula is C17H19N3O. The molecule has 0 spiro atoms. The summed E-state index contributed by atoms with van der Waals surface area (Å²) in [4.78, 5) is 8.73. The number of aromatic nitrogens is 3. The molecule has 0 aliphatic rings. The van der Waals surface area contributed by atoms with Gasteiger partial charge in [-0.05, 0) is 17.9 Å². The van der Waals surface area contributed by atoms with Gasteiger partial charge in [-0.3, -0.25) is 4.98 Å². The Morgan fingerprint density at radius 2 is 2.00 bits per heavy atom. The Kier molecular flexibility index (Phi) is 3.97. The summed E-state index contributed by atoms with van der Waals surface area (Å²) in [6, 6.07) is 9.96. The van der Waals surface area contributed by atoms with Gasteiger partial charge in [-0.1, -0.05) is 31.2 Å². The number of aryl methyl sites for hydroxylation is 1. The monoisotopic (exact) mass is 281 g/mol. The number of aliphatic hydroxyl groups is 1. The quantitative estimate of drug-likeness (QED) is 0.781. The van der Waals surface area contributed by atoms with Crippen LogP contribution in [0, 0.1) is 0 Å². The topological polar surface area (TPSA) is 50.9 Å². The van der Waals surface area contributed by atoms with E-state index in [2.05, 4.69) is 21.5 Å². The third-order valence-electron chi connectivity index (χ3n) is 3.66. The molecule has 1 aromatic carbocycles. The molecule has 1 atom stereocenters. The number of rotatable bonds is 5. The molecule has 0 aliphatic carbocycles. The summed E-state index contributed by atoms with van der Waals surface area (Å²) < 4.78 is 2.09. The van der Waals surface area contributed by atoms with E-state index in [1.54, 1.807) is 12.4 Å². The number of hydrogen-bond donors (Lipinski definition) is 1. The number of benzene rings is 1. The van der Waals surface area contributed by atoms with Crippen LogP contribution < -0.4 is 0 Å². The Labute approximate surface area is 124 Å². The van der Waals surface area contributed by atoms with Gasteiger partial charge in [-0.25, -0.2) is 4.98 Å². The van der Waals surface area contributed by atoms with Crippen molar-refractivity contribution >= 4 is 10.8 Å². The van der Waals surface area contributed by atoms with Crippen molar-refractivity contribution in [2.45, 2.75) is 32.4 Å². The minimum Gasteiger partial charge on any atom is -0.386 e. The van der Waals surface area contributed by atoms with Crippen molar-refractivity contribution in [2.24, 2.45) is 0 Å². The summed E-state index contributed by atoms with van der Waals surface area (Å²) in [5, 5.41) is 12.7. The average molecular weight is 281 g/mol. The molecule has 0 radical (unpaired) electrons. The second kappa shape index (κ2) is 6.06. The smallest absolute Gasteiger partial charge is 0.111 e. The first kappa shape index (κ1) is 13.8. The van der Waals surface area contributed by atoms with Crippen molar-refractivity contribution in [2.75, 3.05) is 0 Å². The number of fused-ring (bicyclic) bond motifs is 1. The van der Waals surface area contributed by atoms with Gasteiger partial charge in [-0.15, -0.1) is 0 Å². The second-order valence-electron chi connectivity index (χ2n) is 5.17. The molecule has 0 saturated heterocycles. The van der Waals surface area contributed by atoms with Crippen molar-refractivity contribution in [1.29, 1.82) is 0 Å². The van der Waals surface area contributed by atoms with Crippen molar-refractivity contribution in [3.8, 4) is 0 Å². The van der Waals surface area contributed by atoms with Gasteiger partial charge in [0.1, 0.15) is 11.9 Å². The lowest BCUT2D eigenvalue weighted by molar-refractivity contribution is 0.171. The maximum atomic E-state index is 10.6. The first-order valence-corrected chi connectivity index (χ1v) is 7.31. The fourth-order valence-electron chi connectivity index (χ4n) is 2.65. The van der Waals surface area contributed by atoms with E-state index in [0.29, 0.717) is 6.42 Å². The van der Waals surface area contributed by atoms with E-state index >= 15 is 0 Å². The lowest BCUT2D eigenvalue weighted by Gasteiger charge is -2.13. The minimum absolute atomic E-state index is 0.480. The van der Waals surface area contributed by atoms with Crippen LogP contribution in [-0.4, -0.2) is 19.6 Å². The van der Waals surface area contributed by atoms with Crippen LogP contribution in [0.5, 0.6) is 0 Å². The van der Waals surface area contributed by atoms with Gasteiger partial charge in [-0.2, -0.15) is 0 Å². The predicted molar refractivity (Wildman–Crippen MR) is 82.9 cm³/mol. The molecule has 0 saturated carbocycles. The van der Waals surface area contributed by atoms with Gasteiger partial charge >= 0.3 is 0 Å². The van der Waals surface area contributed by atoms with E-state index in [-0.39, 0.29) is 0 Å². The van der Waals surface area contributed by atoms with Gasteiger partial charge in [0.25, 0.3) is 0 Å². The number of aliphatic hydroxyl groups excluding tert-OH is 1. The van der Waals surface area contributed by atoms with E-state index in [9.17, 15) is 5.11 Å². The molecule has 108 valence electrons. The zero-order valence-electron chi connectivity index (χ0n) is 12.1. The van der Waals surface area contributed by atoms with E-state index in [1.807, 2.05) is 36.5 Å². The van der Waals surface area contributed by atoms with E-state index in [1.165, 1.54) is 0 Å². The minimum atomic E-state index is -0.644. The molecule has 1 N–H and O–H groups in total. The standard InChI is InChI=1S/C17H19N3O/c1-2-10-20-11-9-18-16(20)12-15(21)17-14-6-4-3-5-13(14)7-8-19-17/h3-9,11,15,21H,2,10,12H2,1H3. The maximum absolute atomic E-state index is 10.6. The third kappa shape index (κ3) is 2.81. The van der Waals surface area contributed by atoms with Crippen LogP contribution >= 0.6 is 0 Å². The second-order valence-corrected chi connectivity index (χ2v) is 5.17. The third-order valence-corrected chi connectivity index (χ3v) is 3.66. The Balaban J connectivity index is 1.90. The molecule has 2 aromatic heterocycles. The summed E-state index contributed by atoms with van der Waals surface area (Å²) in [7, 11) is 0. The molecule has 0 aliphatic heterocycles. The molecule has 4 heteroatoms. The number of pyridine rings is 1. The number of hydrogen-bond acceptors (Lipinski definition) is 3. The zero-order valence-corrected chi connectivity index (χ0v) is 12.1. The van der Waals surface area contributed by atoms with Crippen LogP contribution in [0.15, 0.2) is 48.9 Å². The molecule has 4 nitrogen and oxygen atoms in total. The van der Waals surface area contributed by atoms with Crippen LogP contribution in [0.25, 0.3) is 10.8 Å². The highest BCUT2D eigenvalue weighted by Crippen LogP contribution is 2.24. The first-order valence-electron chi connectivity index (χ1n) is 7.31. The number of nitrogens with zero attached hydrogens (tertiary/aromatic N) is 3. The molecule has 1 unspecified atom stereocenters. The Morgan fingerprint density at radius 3 is 2.86 bits per heavy atom. The number of imidazole rings is 1. The first-order chi connectivity index (χ1) is 10.3. The molecule has 21 heavy (non-hydrogen) atoms. The van der Waals surface area contributed by atoms with Crippen LogP contribution in [0.1, 0.15) is 31.0 Å². The van der Waals surface area contributed by atoms with Gasteiger partial charge in [0.2, 0.25) is 0 Å². The summed E-state index contributed by atoms with van der Waals surface area (Å²) in [5.41, 5.74) is 0.721. The Hall–Kier alpha value is -2.20. The summed E-state index contributed by atoms with van der Waals surface area (Å²) >= 11 is 0. The van der Waals surface area contributed by atoms with Gasteiger partial charge in [0, 0.05) is 36.9 Å². The highest BCUT2D eigenvalue weighted by Gasteiger charge is 2.16. The van der Waals surface area contributed by atoms with Crippen LogP contribution in [0.4, 0.5) is 0 Å². The lowest BCUT2D eigenvalue weighted by atomic mass is 10.0. The van der Waals surface area contributed by atoms with Crippen LogP contribution in [0.3, 0.4) is 0 Å². The average Bonchev–Trinajstić information content (AvgIpc) is 2.94. The molecule has 0 bridgehead atoms. The zero-order chi connectivity index (χ0) is 14.7. The summed E-state index contributed by atoms with van der Waals surface area (Å²) in [6.45, 7) is 3.05. The largest absolute Gasteiger partial charge is 0.386 e. The highest BCUT2D eigenvalue weighted by atomic mass is 16.3. The molecular weight excluding hydrogens is 262 g/mol. The van der Waals surface area contributed by atoms with Gasteiger partial charge < -0.3 is 9.67 Å². The van der Waals surface area contributed by atoms with Crippen molar-refractivity contribution in [3.63, 3.8) is 0 Å². The summed E-state index contributed by atoms with van der Waals surface area (Å²) in [5.74, 6) is 0.902. The normalized spacial score (nSPS) is 12.7. The molecule has 3 aromatic rings. The van der Waals surface area contributed by atoms with Crippen molar-refractivity contribution < 1.29 is 5.11 Å². The summed E-state index contributed by atoms with van der Waals surface area (Å²) in [6.07, 6.45) is 6.38. The van der Waals surface area contributed by atoms with Crippen LogP contribution in [0.2, 0.25) is 0 Å². The highest BCUT2D eigenvalue weighted by molar-refractivity contribution is 5.84. The molecule has 0 amide bonds. The van der Waals surface area contributed by atoms with E-state index < -0.39 is 6.10 Å². The Morgan fingerprint density at radius 1 is 1.14 bits per heavy atom. The Bertz CT molecular complexity index is 730. The SMILES string of the molecule is CCCn1ccnc1CC(O)c1nccc2ccccc12. The predicted octanol–water partition coefficient (Wildman–Crippen LogP) is 3.12. The van der Waals surface area contributed by atoms with E-state index in [4.69, 9.17) is 0 Å². The van der Waals surface area contributed by atoms with Crippen molar-refractivity contribution in [1.82, 2.24) is 14.5 Å². The lowest BCUT2D eigenvalue weighted by Crippen LogP contribution is -2.10. The van der Waals surface area contributed by atoms with Crippen LogP contribution in [-0.2, 0) is 13.0 Å². The van der Waals surface area contributed by atoms with Gasteiger partial charge in [0.15, 0.2) is 0 Å². The fourth-order valence-corrected chi connectivity index (χ4v) is 2.65. The maximum Gasteiger partial charge on any atom is 0.111 e. The molecule has 2 heterocycles. The van der Waals surface area contributed by atoms with Gasteiger partial charge in [0.05, 0.1) is 5.69 Å². The van der Waals surface area contributed by atoms with Crippen molar-refractivity contribution in [3.05, 3.63) is 60.4 Å². The molecule has 3 rings (SSSR count). The fraction of sp³-hybridized carbons (Fsp3) is 0.294.